The minimum absolute atomic E-state index is 0.442. The first-order valence-electron chi connectivity index (χ1n) is 4.36. The number of nitrogens with two attached hydrogens (primary N) is 2. The van der Waals surface area contributed by atoms with Crippen molar-refractivity contribution >= 4 is 5.91 Å². The second kappa shape index (κ2) is 5.27. The van der Waals surface area contributed by atoms with Gasteiger partial charge in [-0.2, -0.15) is 26.3 Å². The summed E-state index contributed by atoms with van der Waals surface area (Å²) in [7, 11) is 0. The van der Waals surface area contributed by atoms with Crippen molar-refractivity contribution in [1.82, 2.24) is 10.9 Å². The molecular weight excluding hydrogens is 312 g/mol. The van der Waals surface area contributed by atoms with Crippen LogP contribution in [-0.4, -0.2) is 40.9 Å². The van der Waals surface area contributed by atoms with Crippen LogP contribution in [-0.2, 0) is 4.79 Å². The van der Waals surface area contributed by atoms with Crippen molar-refractivity contribution in [2.75, 3.05) is 0 Å². The largest absolute Gasteiger partial charge is 0.382 e. The van der Waals surface area contributed by atoms with Crippen LogP contribution in [0.25, 0.3) is 0 Å². The van der Waals surface area contributed by atoms with E-state index in [1.807, 2.05) is 0 Å². The highest BCUT2D eigenvalue weighted by Gasteiger charge is 2.82. The highest BCUT2D eigenvalue weighted by molar-refractivity contribution is 5.85. The molecule has 0 aliphatic carbocycles. The number of hydrogen-bond acceptors (Lipinski definition) is 5. The minimum atomic E-state index is -6.85. The lowest BCUT2D eigenvalue weighted by Gasteiger charge is -2.39. The van der Waals surface area contributed by atoms with Gasteiger partial charge in [-0.15, -0.1) is 0 Å². The fourth-order valence-corrected chi connectivity index (χ4v) is 0.977. The van der Waals surface area contributed by atoms with Gasteiger partial charge in [0.15, 0.2) is 0 Å². The van der Waals surface area contributed by atoms with Gasteiger partial charge in [0.2, 0.25) is 0 Å². The van der Waals surface area contributed by atoms with Gasteiger partial charge in [-0.05, 0) is 0 Å². The molecule has 1 atom stereocenters. The monoisotopic (exact) mass is 320 g/mol. The van der Waals surface area contributed by atoms with Crippen LogP contribution in [0.1, 0.15) is 0 Å². The summed E-state index contributed by atoms with van der Waals surface area (Å²) in [6, 6.07) is 0. The number of alkyl halides is 8. The molecule has 0 aromatic rings. The van der Waals surface area contributed by atoms with Crippen molar-refractivity contribution in [3.63, 3.8) is 0 Å². The number of aliphatic hydroxyl groups is 1. The van der Waals surface area contributed by atoms with Crippen molar-refractivity contribution in [1.29, 1.82) is 0 Å². The molecule has 120 valence electrons. The topological polar surface area (TPSA) is 113 Å². The van der Waals surface area contributed by atoms with E-state index in [9.17, 15) is 39.9 Å². The first-order valence-corrected chi connectivity index (χ1v) is 4.36. The molecule has 14 heteroatoms. The average Bonchev–Trinajstić information content (AvgIpc) is 2.35. The van der Waals surface area contributed by atoms with Crippen LogP contribution in [0.5, 0.6) is 0 Å². The van der Waals surface area contributed by atoms with E-state index in [4.69, 9.17) is 5.11 Å². The van der Waals surface area contributed by atoms with E-state index >= 15 is 0 Å². The first-order chi connectivity index (χ1) is 8.74. The molecule has 20 heavy (non-hydrogen) atoms. The maximum Gasteiger partial charge on any atom is 0.382 e. The zero-order valence-electron chi connectivity index (χ0n) is 9.11. The number of amides is 1. The Morgan fingerprint density at radius 2 is 1.40 bits per heavy atom. The van der Waals surface area contributed by atoms with E-state index in [0.29, 0.717) is 5.43 Å². The summed E-state index contributed by atoms with van der Waals surface area (Å²) >= 11 is 0. The molecule has 0 saturated heterocycles. The Morgan fingerprint density at radius 1 is 1.00 bits per heavy atom. The average molecular weight is 320 g/mol. The molecule has 0 heterocycles. The summed E-state index contributed by atoms with van der Waals surface area (Å²) < 4.78 is 101. The van der Waals surface area contributed by atoms with Gasteiger partial charge in [-0.25, -0.2) is 20.0 Å². The number of hydrogen-bond donors (Lipinski definition) is 5. The lowest BCUT2D eigenvalue weighted by Crippen LogP contribution is -2.77. The van der Waals surface area contributed by atoms with Crippen molar-refractivity contribution in [2.45, 2.75) is 29.9 Å². The lowest BCUT2D eigenvalue weighted by atomic mass is 9.94. The highest BCUT2D eigenvalue weighted by atomic mass is 19.4. The standard InChI is InChI=1S/C6H8F8N4O2/c7-1(8)3(9,10)5(11,12)6(13,14)4(20,18-16)2(19)17-15/h1,18,20H,15-16H2,(H,17,19)/t4-/m1/s1. The number of halogens is 8. The summed E-state index contributed by atoms with van der Waals surface area (Å²) in [6.45, 7) is 0. The van der Waals surface area contributed by atoms with Crippen LogP contribution >= 0.6 is 0 Å². The smallest absolute Gasteiger partial charge is 0.362 e. The second-order valence-electron chi connectivity index (χ2n) is 3.40. The third-order valence-corrected chi connectivity index (χ3v) is 2.21. The maximum atomic E-state index is 13.3. The van der Waals surface area contributed by atoms with Gasteiger partial charge >= 0.3 is 24.2 Å². The summed E-state index contributed by atoms with van der Waals surface area (Å²) in [5.74, 6) is -13.9. The molecule has 0 aliphatic rings. The van der Waals surface area contributed by atoms with Gasteiger partial charge in [-0.1, -0.05) is 0 Å². The summed E-state index contributed by atoms with van der Waals surface area (Å²) in [4.78, 5) is 10.8. The molecule has 0 rings (SSSR count). The van der Waals surface area contributed by atoms with Gasteiger partial charge in [0.05, 0.1) is 0 Å². The Labute approximate surface area is 105 Å². The number of rotatable bonds is 6. The summed E-state index contributed by atoms with van der Waals surface area (Å²) in [6.07, 6.45) is -5.22. The minimum Gasteiger partial charge on any atom is -0.362 e. The van der Waals surface area contributed by atoms with Crippen molar-refractivity contribution in [3.8, 4) is 0 Å². The van der Waals surface area contributed by atoms with Gasteiger partial charge in [0.25, 0.3) is 11.6 Å². The van der Waals surface area contributed by atoms with Crippen LogP contribution < -0.4 is 22.5 Å². The Balaban J connectivity index is 6.00. The molecule has 0 saturated carbocycles. The predicted octanol–water partition coefficient (Wildman–Crippen LogP) is -0.701. The first kappa shape index (κ1) is 18.8. The number of carbonyl (C=O) groups excluding carboxylic acids is 1. The Morgan fingerprint density at radius 3 is 1.65 bits per heavy atom. The molecule has 1 amide bonds. The zero-order chi connectivity index (χ0) is 16.6. The molecule has 7 N–H and O–H groups in total. The second-order valence-corrected chi connectivity index (χ2v) is 3.40. The maximum absolute atomic E-state index is 13.3. The van der Waals surface area contributed by atoms with Gasteiger partial charge in [0.1, 0.15) is 0 Å². The summed E-state index contributed by atoms with van der Waals surface area (Å²) in [5.41, 5.74) is -3.69. The van der Waals surface area contributed by atoms with E-state index in [-0.39, 0.29) is 0 Å². The molecule has 0 fully saturated rings. The Bertz CT molecular complexity index is 378. The zero-order valence-corrected chi connectivity index (χ0v) is 9.11. The van der Waals surface area contributed by atoms with E-state index in [1.54, 1.807) is 0 Å². The van der Waals surface area contributed by atoms with E-state index in [1.165, 1.54) is 0 Å². The van der Waals surface area contributed by atoms with E-state index in [2.05, 4.69) is 11.7 Å². The SMILES string of the molecule is NNC(=O)[C@](O)(NN)C(F)(F)C(F)(F)C(F)(F)C(F)F. The molecule has 0 aromatic carbocycles. The van der Waals surface area contributed by atoms with Crippen molar-refractivity contribution in [3.05, 3.63) is 0 Å². The fourth-order valence-electron chi connectivity index (χ4n) is 0.977. The van der Waals surface area contributed by atoms with Crippen LogP contribution in [0.2, 0.25) is 0 Å². The normalized spacial score (nSPS) is 17.0. The van der Waals surface area contributed by atoms with Crippen molar-refractivity contribution in [2.24, 2.45) is 11.7 Å². The van der Waals surface area contributed by atoms with E-state index < -0.39 is 35.8 Å². The third-order valence-electron chi connectivity index (χ3n) is 2.21. The van der Waals surface area contributed by atoms with Crippen LogP contribution in [0.4, 0.5) is 35.1 Å². The fraction of sp³-hybridized carbons (Fsp3) is 0.833. The van der Waals surface area contributed by atoms with Crippen LogP contribution in [0, 0.1) is 0 Å². The molecule has 0 unspecified atom stereocenters. The third kappa shape index (κ3) is 2.27. The number of nitrogens with one attached hydrogen (secondary N) is 2. The molecule has 6 nitrogen and oxygen atoms in total. The van der Waals surface area contributed by atoms with Gasteiger partial charge < -0.3 is 5.11 Å². The lowest BCUT2D eigenvalue weighted by molar-refractivity contribution is -0.372. The van der Waals surface area contributed by atoms with Crippen LogP contribution in [0.15, 0.2) is 0 Å². The van der Waals surface area contributed by atoms with Crippen molar-refractivity contribution < 1.29 is 45.0 Å². The quantitative estimate of drug-likeness (QED) is 0.146. The Hall–Kier alpha value is -1.25. The molecule has 0 aromatic heterocycles. The molecule has 0 spiro atoms. The Kier molecular flexibility index (Phi) is 4.94. The summed E-state index contributed by atoms with van der Waals surface area (Å²) in [5, 5.41) is 8.96. The van der Waals surface area contributed by atoms with Crippen LogP contribution in [0.3, 0.4) is 0 Å². The molecule has 0 bridgehead atoms. The number of carbonyl (C=O) groups is 1. The predicted molar refractivity (Wildman–Crippen MR) is 45.4 cm³/mol. The molecule has 0 aliphatic heterocycles. The number of hydrazine groups is 2. The van der Waals surface area contributed by atoms with Gasteiger partial charge in [0, 0.05) is 0 Å². The molecule has 0 radical (unpaired) electrons. The highest BCUT2D eigenvalue weighted by Crippen LogP contribution is 2.51. The van der Waals surface area contributed by atoms with Gasteiger partial charge in [-0.3, -0.25) is 16.1 Å². The molecular formula is C6H8F8N4O2. The van der Waals surface area contributed by atoms with E-state index in [0.717, 1.165) is 5.43 Å².